The minimum atomic E-state index is 0.365. The van der Waals surface area contributed by atoms with Crippen LogP contribution in [0.5, 0.6) is 5.75 Å². The Labute approximate surface area is 207 Å². The van der Waals surface area contributed by atoms with Crippen molar-refractivity contribution in [2.45, 2.75) is 51.1 Å². The van der Waals surface area contributed by atoms with E-state index in [9.17, 15) is 5.11 Å². The Hall–Kier alpha value is -2.76. The first-order chi connectivity index (χ1) is 17.1. The molecule has 35 heavy (non-hydrogen) atoms. The van der Waals surface area contributed by atoms with Gasteiger partial charge in [-0.3, -0.25) is 9.80 Å². The molecule has 182 valence electrons. The van der Waals surface area contributed by atoms with Gasteiger partial charge in [0, 0.05) is 52.8 Å². The molecule has 3 aliphatic heterocycles. The van der Waals surface area contributed by atoms with Gasteiger partial charge in [0.2, 0.25) is 0 Å². The highest BCUT2D eigenvalue weighted by Crippen LogP contribution is 2.48. The summed E-state index contributed by atoms with van der Waals surface area (Å²) in [5.41, 5.74) is 8.29. The van der Waals surface area contributed by atoms with E-state index in [1.54, 1.807) is 11.6 Å². The highest BCUT2D eigenvalue weighted by molar-refractivity contribution is 5.86. The molecule has 3 aliphatic rings. The summed E-state index contributed by atoms with van der Waals surface area (Å²) in [4.78, 5) is 12.9. The number of nitrogens with one attached hydrogen (secondary N) is 2. The van der Waals surface area contributed by atoms with Crippen LogP contribution < -0.4 is 0 Å². The molecule has 7 rings (SSSR count). The first-order valence-corrected chi connectivity index (χ1v) is 13.5. The summed E-state index contributed by atoms with van der Waals surface area (Å²) in [6, 6.07) is 15.5. The van der Waals surface area contributed by atoms with E-state index in [-0.39, 0.29) is 0 Å². The highest BCUT2D eigenvalue weighted by Gasteiger charge is 2.41. The van der Waals surface area contributed by atoms with Gasteiger partial charge in [0.05, 0.1) is 12.1 Å². The summed E-state index contributed by atoms with van der Waals surface area (Å²) >= 11 is 0. The van der Waals surface area contributed by atoms with Crippen LogP contribution in [0.15, 0.2) is 42.5 Å². The molecule has 0 spiro atoms. The molecular formula is C30H36N4O. The maximum absolute atomic E-state index is 10.1. The lowest BCUT2D eigenvalue weighted by molar-refractivity contribution is 0.0325. The van der Waals surface area contributed by atoms with Crippen molar-refractivity contribution in [2.75, 3.05) is 26.7 Å². The summed E-state index contributed by atoms with van der Waals surface area (Å²) in [5.74, 6) is 1.80. The number of aromatic nitrogens is 2. The second kappa shape index (κ2) is 8.14. The molecule has 0 unspecified atom stereocenters. The molecule has 4 aromatic rings. The minimum absolute atomic E-state index is 0.365. The smallest absolute Gasteiger partial charge is 0.116 e. The molecule has 0 radical (unpaired) electrons. The number of benzene rings is 2. The number of aromatic amines is 2. The number of likely N-dealkylation sites (N-methyl/N-ethyl adjacent to an activating group) is 1. The van der Waals surface area contributed by atoms with Gasteiger partial charge in [0.25, 0.3) is 0 Å². The quantitative estimate of drug-likeness (QED) is 0.350. The van der Waals surface area contributed by atoms with Crippen LogP contribution >= 0.6 is 0 Å². The number of hydrogen-bond acceptors (Lipinski definition) is 3. The number of piperidine rings is 1. The van der Waals surface area contributed by atoms with E-state index in [0.717, 1.165) is 31.8 Å². The van der Waals surface area contributed by atoms with Crippen molar-refractivity contribution in [1.82, 2.24) is 19.8 Å². The second-order valence-corrected chi connectivity index (χ2v) is 11.2. The van der Waals surface area contributed by atoms with E-state index in [2.05, 4.69) is 58.0 Å². The predicted octanol–water partition coefficient (Wildman–Crippen LogP) is 5.92. The van der Waals surface area contributed by atoms with Gasteiger partial charge in [0.1, 0.15) is 5.75 Å². The van der Waals surface area contributed by atoms with Crippen LogP contribution in [-0.4, -0.2) is 51.6 Å². The van der Waals surface area contributed by atoms with Crippen LogP contribution in [0.4, 0.5) is 0 Å². The van der Waals surface area contributed by atoms with Crippen molar-refractivity contribution in [3.05, 3.63) is 65.0 Å². The van der Waals surface area contributed by atoms with Gasteiger partial charge in [-0.05, 0) is 80.0 Å². The molecule has 0 amide bonds. The number of phenolic OH excluding ortho intramolecular Hbond substituents is 1. The SMILES string of the molecule is CC[C@H]1CN2CCc3c([nH]c4ccc(O)cc34)[C@@H]2C[C@@H]1C[C@H]1c2[nH]c3ccccc3c2CCN1C. The van der Waals surface area contributed by atoms with E-state index in [1.807, 2.05) is 12.1 Å². The Morgan fingerprint density at radius 1 is 0.914 bits per heavy atom. The standard InChI is InChI=1S/C30H36N4O/c1-3-18-17-34-13-11-23-24-16-20(35)8-9-26(24)32-30(23)28(34)15-19(18)14-27-29-22(10-12-33(27)2)21-6-4-5-7-25(21)31-29/h4-9,16,18-19,27-28,31-32,35H,3,10-15,17H2,1-2H3/t18-,19-,27-,28-/m0/s1. The van der Waals surface area contributed by atoms with Crippen LogP contribution in [0.1, 0.15) is 60.8 Å². The number of nitrogens with zero attached hydrogens (tertiary/aromatic N) is 2. The van der Waals surface area contributed by atoms with Gasteiger partial charge < -0.3 is 15.1 Å². The fraction of sp³-hybridized carbons (Fsp3) is 0.467. The Morgan fingerprint density at radius 2 is 1.69 bits per heavy atom. The van der Waals surface area contributed by atoms with Crippen LogP contribution in [-0.2, 0) is 12.8 Å². The summed E-state index contributed by atoms with van der Waals surface area (Å²) < 4.78 is 0. The molecule has 0 saturated carbocycles. The third kappa shape index (κ3) is 3.35. The van der Waals surface area contributed by atoms with Gasteiger partial charge in [-0.25, -0.2) is 0 Å². The lowest BCUT2D eigenvalue weighted by atomic mass is 9.73. The van der Waals surface area contributed by atoms with Crippen LogP contribution in [0.2, 0.25) is 0 Å². The molecule has 5 nitrogen and oxygen atoms in total. The van der Waals surface area contributed by atoms with E-state index < -0.39 is 0 Å². The van der Waals surface area contributed by atoms with Crippen LogP contribution in [0.25, 0.3) is 21.8 Å². The number of phenols is 1. The predicted molar refractivity (Wildman–Crippen MR) is 142 cm³/mol. The largest absolute Gasteiger partial charge is 0.508 e. The zero-order valence-corrected chi connectivity index (χ0v) is 20.8. The second-order valence-electron chi connectivity index (χ2n) is 11.2. The molecule has 2 aromatic heterocycles. The van der Waals surface area contributed by atoms with Crippen molar-refractivity contribution in [2.24, 2.45) is 11.8 Å². The Morgan fingerprint density at radius 3 is 2.57 bits per heavy atom. The zero-order chi connectivity index (χ0) is 23.7. The van der Waals surface area contributed by atoms with Crippen molar-refractivity contribution in [3.63, 3.8) is 0 Å². The first-order valence-electron chi connectivity index (χ1n) is 13.5. The van der Waals surface area contributed by atoms with Gasteiger partial charge >= 0.3 is 0 Å². The number of para-hydroxylation sites is 1. The number of hydrogen-bond donors (Lipinski definition) is 3. The van der Waals surface area contributed by atoms with Crippen molar-refractivity contribution < 1.29 is 5.11 Å². The van der Waals surface area contributed by atoms with Crippen molar-refractivity contribution in [1.29, 1.82) is 0 Å². The van der Waals surface area contributed by atoms with E-state index in [1.165, 1.54) is 64.6 Å². The summed E-state index contributed by atoms with van der Waals surface area (Å²) in [6.45, 7) is 5.84. The fourth-order valence-electron chi connectivity index (χ4n) is 7.59. The molecule has 0 aliphatic carbocycles. The van der Waals surface area contributed by atoms with Crippen LogP contribution in [0, 0.1) is 11.8 Å². The summed E-state index contributed by atoms with van der Waals surface area (Å²) in [7, 11) is 2.32. The highest BCUT2D eigenvalue weighted by atomic mass is 16.3. The fourth-order valence-corrected chi connectivity index (χ4v) is 7.59. The third-order valence-corrected chi connectivity index (χ3v) is 9.48. The molecule has 1 fully saturated rings. The number of rotatable bonds is 3. The monoisotopic (exact) mass is 468 g/mol. The summed E-state index contributed by atoms with van der Waals surface area (Å²) in [5, 5.41) is 12.7. The normalized spacial score (nSPS) is 27.1. The minimum Gasteiger partial charge on any atom is -0.508 e. The molecule has 2 aromatic carbocycles. The topological polar surface area (TPSA) is 58.3 Å². The Balaban J connectivity index is 1.23. The molecule has 3 N–H and O–H groups in total. The maximum Gasteiger partial charge on any atom is 0.116 e. The average Bonchev–Trinajstić information content (AvgIpc) is 3.43. The van der Waals surface area contributed by atoms with E-state index in [0.29, 0.717) is 23.8 Å². The number of aromatic hydroxyl groups is 1. The molecule has 5 heterocycles. The number of fused-ring (bicyclic) bond motifs is 8. The van der Waals surface area contributed by atoms with Gasteiger partial charge in [0.15, 0.2) is 0 Å². The van der Waals surface area contributed by atoms with Gasteiger partial charge in [-0.1, -0.05) is 31.5 Å². The maximum atomic E-state index is 10.1. The van der Waals surface area contributed by atoms with E-state index in [4.69, 9.17) is 0 Å². The average molecular weight is 469 g/mol. The number of H-pyrrole nitrogens is 2. The van der Waals surface area contributed by atoms with E-state index >= 15 is 0 Å². The van der Waals surface area contributed by atoms with Crippen molar-refractivity contribution >= 4 is 21.8 Å². The first kappa shape index (κ1) is 21.5. The van der Waals surface area contributed by atoms with Crippen molar-refractivity contribution in [3.8, 4) is 5.75 Å². The van der Waals surface area contributed by atoms with Gasteiger partial charge in [-0.15, -0.1) is 0 Å². The lowest BCUT2D eigenvalue weighted by Crippen LogP contribution is -2.47. The summed E-state index contributed by atoms with van der Waals surface area (Å²) in [6.07, 6.45) is 5.88. The van der Waals surface area contributed by atoms with Gasteiger partial charge in [-0.2, -0.15) is 0 Å². The molecule has 1 saturated heterocycles. The third-order valence-electron chi connectivity index (χ3n) is 9.48. The Kier molecular flexibility index (Phi) is 5.00. The Bertz CT molecular complexity index is 1400. The lowest BCUT2D eigenvalue weighted by Gasteiger charge is -2.48. The zero-order valence-electron chi connectivity index (χ0n) is 20.8. The molecule has 5 heteroatoms. The molecule has 4 atom stereocenters. The van der Waals surface area contributed by atoms with Crippen LogP contribution in [0.3, 0.4) is 0 Å². The molecule has 0 bridgehead atoms. The molecular weight excluding hydrogens is 432 g/mol.